The average molecular weight is 659 g/mol. The summed E-state index contributed by atoms with van der Waals surface area (Å²) in [6.45, 7) is 18.0. The number of rotatable bonds is 9. The fourth-order valence-corrected chi connectivity index (χ4v) is 11.5. The maximum Gasteiger partial charge on any atom is 0.312 e. The molecule has 0 bridgehead atoms. The van der Waals surface area contributed by atoms with Gasteiger partial charge in [0.1, 0.15) is 12.7 Å². The Morgan fingerprint density at radius 3 is 1.85 bits per heavy atom. The number of aliphatic hydroxyl groups excluding tert-OH is 1. The number of carbonyl (C=O) groups is 1. The summed E-state index contributed by atoms with van der Waals surface area (Å²) >= 11 is 0. The molecule has 0 aliphatic heterocycles. The van der Waals surface area contributed by atoms with Crippen LogP contribution in [0.25, 0.3) is 0 Å². The van der Waals surface area contributed by atoms with Gasteiger partial charge in [0.05, 0.1) is 11.5 Å². The molecule has 2 saturated carbocycles. The second kappa shape index (κ2) is 13.2. The monoisotopic (exact) mass is 658 g/mol. The number of aliphatic hydroxyl groups is 1. The van der Waals surface area contributed by atoms with Gasteiger partial charge in [-0.2, -0.15) is 0 Å². The second-order valence-corrected chi connectivity index (χ2v) is 17.9. The Hall–Kier alpha value is -2.21. The number of hydrogen-bond acceptors (Lipinski definition) is 5. The van der Waals surface area contributed by atoms with Crippen LogP contribution < -0.4 is 0 Å². The van der Waals surface area contributed by atoms with E-state index in [0.29, 0.717) is 17.8 Å². The van der Waals surface area contributed by atoms with E-state index in [1.165, 1.54) is 33.4 Å². The number of benzene rings is 2. The molecule has 4 aliphatic carbocycles. The third-order valence-electron chi connectivity index (χ3n) is 14.4. The van der Waals surface area contributed by atoms with E-state index in [1.54, 1.807) is 0 Å². The summed E-state index contributed by atoms with van der Waals surface area (Å²) in [6.07, 6.45) is 8.73. The van der Waals surface area contributed by atoms with E-state index in [1.807, 2.05) is 0 Å². The molecule has 2 N–H and O–H groups in total. The molecule has 2 fully saturated rings. The molecule has 8 unspecified atom stereocenters. The van der Waals surface area contributed by atoms with E-state index in [4.69, 9.17) is 9.62 Å². The Bertz CT molecular complexity index is 1500. The molecule has 0 saturated heterocycles. The van der Waals surface area contributed by atoms with Crippen LogP contribution in [0.15, 0.2) is 36.4 Å². The third kappa shape index (κ3) is 5.88. The molecule has 0 radical (unpaired) electrons. The molecule has 4 aliphatic rings. The van der Waals surface area contributed by atoms with E-state index in [-0.39, 0.29) is 41.2 Å². The summed E-state index contributed by atoms with van der Waals surface area (Å²) in [4.78, 5) is 19.3. The number of fused-ring (bicyclic) bond motifs is 6. The lowest BCUT2D eigenvalue weighted by molar-refractivity contribution is -0.319. The van der Waals surface area contributed by atoms with Crippen LogP contribution in [0.2, 0.25) is 0 Å². The van der Waals surface area contributed by atoms with Crippen molar-refractivity contribution in [1.29, 1.82) is 0 Å². The Balaban J connectivity index is 1.14. The predicted molar refractivity (Wildman–Crippen MR) is 192 cm³/mol. The van der Waals surface area contributed by atoms with Crippen molar-refractivity contribution in [2.24, 2.45) is 22.7 Å². The van der Waals surface area contributed by atoms with Crippen LogP contribution in [-0.2, 0) is 38.1 Å². The van der Waals surface area contributed by atoms with Crippen molar-refractivity contribution in [3.05, 3.63) is 69.8 Å². The number of aryl methyl sites for hydroxylation is 2. The molecule has 2 aromatic carbocycles. The summed E-state index contributed by atoms with van der Waals surface area (Å²) in [7, 11) is 0. The highest BCUT2D eigenvalue weighted by atomic mass is 17.1. The first-order valence-corrected chi connectivity index (χ1v) is 19.1. The molecule has 0 spiro atoms. The number of esters is 1. The summed E-state index contributed by atoms with van der Waals surface area (Å²) in [6, 6.07) is 14.1. The standard InChI is InChI=1S/C43H62O5/c1-27(2)29-11-15-34-31(23-29)13-17-36-40(34,5)19-9-21-42(36,7)38(48-46)25-33(44)26-47-39(45)43(8)22-10-20-41(6)35-16-12-30(28(3)4)24-32(35)14-18-37(41)43/h11-12,15-16,23-24,27-28,33,36-38,44,46H,9-10,13-14,17-22,25-26H2,1-8H3. The van der Waals surface area contributed by atoms with Crippen LogP contribution in [0, 0.1) is 22.7 Å². The fraction of sp³-hybridized carbons (Fsp3) is 0.698. The summed E-state index contributed by atoms with van der Waals surface area (Å²) < 4.78 is 6.02. The smallest absolute Gasteiger partial charge is 0.312 e. The highest BCUT2D eigenvalue weighted by molar-refractivity contribution is 5.77. The molecule has 5 nitrogen and oxygen atoms in total. The second-order valence-electron chi connectivity index (χ2n) is 17.9. The van der Waals surface area contributed by atoms with Gasteiger partial charge in [-0.1, -0.05) is 97.7 Å². The van der Waals surface area contributed by atoms with Gasteiger partial charge in [0, 0.05) is 11.8 Å². The highest BCUT2D eigenvalue weighted by Gasteiger charge is 2.57. The summed E-state index contributed by atoms with van der Waals surface area (Å²) in [5.74, 6) is 1.31. The molecule has 48 heavy (non-hydrogen) atoms. The highest BCUT2D eigenvalue weighted by Crippen LogP contribution is 2.60. The van der Waals surface area contributed by atoms with Crippen LogP contribution >= 0.6 is 0 Å². The average Bonchev–Trinajstić information content (AvgIpc) is 3.05. The molecule has 264 valence electrons. The van der Waals surface area contributed by atoms with Crippen molar-refractivity contribution in [3.8, 4) is 0 Å². The van der Waals surface area contributed by atoms with Crippen LogP contribution in [0.4, 0.5) is 0 Å². The van der Waals surface area contributed by atoms with Crippen molar-refractivity contribution in [2.45, 2.75) is 161 Å². The van der Waals surface area contributed by atoms with Crippen molar-refractivity contribution < 1.29 is 24.8 Å². The van der Waals surface area contributed by atoms with Crippen molar-refractivity contribution in [2.75, 3.05) is 6.61 Å². The van der Waals surface area contributed by atoms with Gasteiger partial charge in [0.15, 0.2) is 0 Å². The first-order valence-electron chi connectivity index (χ1n) is 19.1. The Morgan fingerprint density at radius 2 is 1.31 bits per heavy atom. The van der Waals surface area contributed by atoms with E-state index < -0.39 is 17.6 Å². The van der Waals surface area contributed by atoms with E-state index in [2.05, 4.69) is 91.8 Å². The molecule has 5 heteroatoms. The summed E-state index contributed by atoms with van der Waals surface area (Å²) in [5, 5.41) is 21.7. The van der Waals surface area contributed by atoms with Gasteiger partial charge in [0.25, 0.3) is 0 Å². The van der Waals surface area contributed by atoms with Gasteiger partial charge in [-0.05, 0) is 126 Å². The molecule has 0 heterocycles. The van der Waals surface area contributed by atoms with Crippen LogP contribution in [0.3, 0.4) is 0 Å². The van der Waals surface area contributed by atoms with Gasteiger partial charge in [-0.3, -0.25) is 10.1 Å². The molecular weight excluding hydrogens is 596 g/mol. The number of carbonyl (C=O) groups excluding carboxylic acids is 1. The lowest BCUT2D eigenvalue weighted by atomic mass is 9.48. The molecule has 6 rings (SSSR count). The molecule has 2 aromatic rings. The van der Waals surface area contributed by atoms with Crippen molar-refractivity contribution in [1.82, 2.24) is 0 Å². The minimum Gasteiger partial charge on any atom is -0.463 e. The Labute approximate surface area is 290 Å². The predicted octanol–water partition coefficient (Wildman–Crippen LogP) is 9.81. The van der Waals surface area contributed by atoms with Gasteiger partial charge in [-0.15, -0.1) is 0 Å². The van der Waals surface area contributed by atoms with E-state index >= 15 is 0 Å². The molecule has 0 amide bonds. The molecule has 0 aromatic heterocycles. The van der Waals surface area contributed by atoms with Crippen molar-refractivity contribution >= 4 is 5.97 Å². The zero-order chi connectivity index (χ0) is 34.6. The van der Waals surface area contributed by atoms with Gasteiger partial charge in [-0.25, -0.2) is 4.89 Å². The van der Waals surface area contributed by atoms with Crippen LogP contribution in [-0.4, -0.2) is 35.1 Å². The number of hydrogen-bond donors (Lipinski definition) is 2. The lowest BCUT2D eigenvalue weighted by Crippen LogP contribution is -2.55. The maximum absolute atomic E-state index is 14.0. The SMILES string of the molecule is CC(C)c1ccc2c(c1)CCC1C(C)(C(=O)OCC(O)CC(OO)C3(C)CCCC4(C)c5ccc(C(C)C)cc5CCC43)CCCC21C. The molecule has 8 atom stereocenters. The van der Waals surface area contributed by atoms with Gasteiger partial charge >= 0.3 is 5.97 Å². The topological polar surface area (TPSA) is 76.0 Å². The number of ether oxygens (including phenoxy) is 1. The largest absolute Gasteiger partial charge is 0.463 e. The minimum atomic E-state index is -0.916. The maximum atomic E-state index is 14.0. The van der Waals surface area contributed by atoms with Gasteiger partial charge in [0.2, 0.25) is 0 Å². The zero-order valence-electron chi connectivity index (χ0n) is 31.0. The van der Waals surface area contributed by atoms with Crippen molar-refractivity contribution in [3.63, 3.8) is 0 Å². The Morgan fingerprint density at radius 1 is 0.792 bits per heavy atom. The third-order valence-corrected chi connectivity index (χ3v) is 14.4. The van der Waals surface area contributed by atoms with Crippen LogP contribution in [0.1, 0.15) is 158 Å². The summed E-state index contributed by atoms with van der Waals surface area (Å²) in [5.41, 5.74) is 7.53. The first kappa shape index (κ1) is 35.6. The van der Waals surface area contributed by atoms with E-state index in [0.717, 1.165) is 64.2 Å². The fourth-order valence-electron chi connectivity index (χ4n) is 11.5. The van der Waals surface area contributed by atoms with Gasteiger partial charge < -0.3 is 9.84 Å². The van der Waals surface area contributed by atoms with E-state index in [9.17, 15) is 15.2 Å². The quantitative estimate of drug-likeness (QED) is 0.159. The molecular formula is C43H62O5. The zero-order valence-corrected chi connectivity index (χ0v) is 31.0. The van der Waals surface area contributed by atoms with Crippen LogP contribution in [0.5, 0.6) is 0 Å². The first-order chi connectivity index (χ1) is 22.7. The lowest BCUT2D eigenvalue weighted by Gasteiger charge is -2.57. The minimum absolute atomic E-state index is 0.0124. The normalized spacial score (nSPS) is 34.1. The Kier molecular flexibility index (Phi) is 9.76.